The second-order valence-electron chi connectivity index (χ2n) is 5.28. The van der Waals surface area contributed by atoms with E-state index in [0.717, 1.165) is 13.0 Å². The van der Waals surface area contributed by atoms with Crippen LogP contribution in [0.15, 0.2) is 18.2 Å². The minimum atomic E-state index is -0.133. The number of hydrogen-bond acceptors (Lipinski definition) is 4. The first kappa shape index (κ1) is 16.1. The van der Waals surface area contributed by atoms with Crippen LogP contribution in [0.4, 0.5) is 0 Å². The lowest BCUT2D eigenvalue weighted by Gasteiger charge is -2.22. The van der Waals surface area contributed by atoms with Gasteiger partial charge in [-0.1, -0.05) is 0 Å². The van der Waals surface area contributed by atoms with E-state index in [2.05, 4.69) is 0 Å². The molecule has 22 heavy (non-hydrogen) atoms. The van der Waals surface area contributed by atoms with Gasteiger partial charge >= 0.3 is 0 Å². The van der Waals surface area contributed by atoms with E-state index in [4.69, 9.17) is 9.47 Å². The van der Waals surface area contributed by atoms with Gasteiger partial charge in [-0.15, -0.1) is 0 Å². The number of ether oxygens (including phenoxy) is 2. The third-order valence-electron chi connectivity index (χ3n) is 3.86. The average Bonchev–Trinajstić information content (AvgIpc) is 2.96. The lowest BCUT2D eigenvalue weighted by Crippen LogP contribution is -2.37. The van der Waals surface area contributed by atoms with Crippen LogP contribution in [0.5, 0.6) is 11.5 Å². The van der Waals surface area contributed by atoms with Crippen LogP contribution >= 0.6 is 0 Å². The molecule has 1 heterocycles. The summed E-state index contributed by atoms with van der Waals surface area (Å²) in [6, 6.07) is 5.11. The minimum absolute atomic E-state index is 0.133. The molecule has 1 saturated heterocycles. The molecule has 120 valence electrons. The zero-order valence-electron chi connectivity index (χ0n) is 13.3. The zero-order chi connectivity index (χ0) is 16.1. The van der Waals surface area contributed by atoms with E-state index in [1.807, 2.05) is 0 Å². The van der Waals surface area contributed by atoms with Crippen LogP contribution in [0.3, 0.4) is 0 Å². The molecule has 2 rings (SSSR count). The van der Waals surface area contributed by atoms with Crippen molar-refractivity contribution in [1.29, 1.82) is 0 Å². The van der Waals surface area contributed by atoms with Gasteiger partial charge in [0.25, 0.3) is 5.91 Å². The van der Waals surface area contributed by atoms with Crippen molar-refractivity contribution < 1.29 is 19.1 Å². The maximum absolute atomic E-state index is 12.5. The highest BCUT2D eigenvalue weighted by Gasteiger charge is 2.22. The molecule has 1 aliphatic rings. The quantitative estimate of drug-likeness (QED) is 0.797. The van der Waals surface area contributed by atoms with Gasteiger partial charge in [0.2, 0.25) is 5.91 Å². The molecule has 0 N–H and O–H groups in total. The lowest BCUT2D eigenvalue weighted by atomic mass is 10.1. The van der Waals surface area contributed by atoms with E-state index in [1.165, 1.54) is 7.11 Å². The molecule has 0 atom stereocenters. The summed E-state index contributed by atoms with van der Waals surface area (Å²) in [6.45, 7) is 1.85. The summed E-state index contributed by atoms with van der Waals surface area (Å²) in [5.74, 6) is 1.15. The van der Waals surface area contributed by atoms with Gasteiger partial charge in [-0.3, -0.25) is 9.59 Å². The fourth-order valence-electron chi connectivity index (χ4n) is 2.49. The third-order valence-corrected chi connectivity index (χ3v) is 3.86. The number of carbonyl (C=O) groups excluding carboxylic acids is 2. The molecule has 6 heteroatoms. The number of carbonyl (C=O) groups is 2. The highest BCUT2D eigenvalue weighted by molar-refractivity contribution is 5.97. The molecule has 0 radical (unpaired) electrons. The van der Waals surface area contributed by atoms with Crippen LogP contribution in [-0.4, -0.2) is 62.5 Å². The van der Waals surface area contributed by atoms with Gasteiger partial charge in [0, 0.05) is 39.2 Å². The van der Waals surface area contributed by atoms with Crippen LogP contribution in [0.1, 0.15) is 23.2 Å². The van der Waals surface area contributed by atoms with Gasteiger partial charge < -0.3 is 19.3 Å². The van der Waals surface area contributed by atoms with Crippen molar-refractivity contribution in [3.63, 3.8) is 0 Å². The highest BCUT2D eigenvalue weighted by Crippen LogP contribution is 2.25. The van der Waals surface area contributed by atoms with Crippen LogP contribution < -0.4 is 9.47 Å². The maximum Gasteiger partial charge on any atom is 0.257 e. The predicted molar refractivity (Wildman–Crippen MR) is 82.3 cm³/mol. The zero-order valence-corrected chi connectivity index (χ0v) is 13.3. The van der Waals surface area contributed by atoms with Crippen LogP contribution in [-0.2, 0) is 4.79 Å². The van der Waals surface area contributed by atoms with Gasteiger partial charge in [0.05, 0.1) is 19.8 Å². The molecule has 2 amide bonds. The smallest absolute Gasteiger partial charge is 0.257 e. The van der Waals surface area contributed by atoms with E-state index in [-0.39, 0.29) is 11.8 Å². The number of likely N-dealkylation sites (tertiary alicyclic amines) is 1. The number of hydrogen-bond donors (Lipinski definition) is 0. The molecule has 0 bridgehead atoms. The molecule has 0 aliphatic carbocycles. The second-order valence-corrected chi connectivity index (χ2v) is 5.28. The fourth-order valence-corrected chi connectivity index (χ4v) is 2.49. The first-order chi connectivity index (χ1) is 10.6. The van der Waals surface area contributed by atoms with Crippen molar-refractivity contribution in [2.24, 2.45) is 0 Å². The van der Waals surface area contributed by atoms with E-state index < -0.39 is 0 Å². The Labute approximate surface area is 130 Å². The van der Waals surface area contributed by atoms with Crippen molar-refractivity contribution in [3.8, 4) is 11.5 Å². The SMILES string of the molecule is COc1ccc(C(=O)N(C)CCN2CCCC2=O)c(OC)c1. The van der Waals surface area contributed by atoms with Crippen LogP contribution in [0, 0.1) is 0 Å². The second kappa shape index (κ2) is 7.15. The predicted octanol–water partition coefficient (Wildman–Crippen LogP) is 1.40. The molecule has 1 fully saturated rings. The molecule has 0 unspecified atom stereocenters. The van der Waals surface area contributed by atoms with Crippen molar-refractivity contribution in [2.75, 3.05) is 40.9 Å². The van der Waals surface area contributed by atoms with E-state index in [1.54, 1.807) is 42.2 Å². The largest absolute Gasteiger partial charge is 0.497 e. The Bertz CT molecular complexity index is 559. The van der Waals surface area contributed by atoms with Gasteiger partial charge in [-0.2, -0.15) is 0 Å². The number of likely N-dealkylation sites (N-methyl/N-ethyl adjacent to an activating group) is 1. The Kier molecular flexibility index (Phi) is 5.25. The number of methoxy groups -OCH3 is 2. The van der Waals surface area contributed by atoms with E-state index >= 15 is 0 Å². The standard InChI is InChI=1S/C16H22N2O4/c1-17(9-10-18-8-4-5-15(18)19)16(20)13-7-6-12(21-2)11-14(13)22-3/h6-7,11H,4-5,8-10H2,1-3H3. The Balaban J connectivity index is 2.02. The summed E-state index contributed by atoms with van der Waals surface area (Å²) in [6.07, 6.45) is 1.52. The molecule has 0 saturated carbocycles. The van der Waals surface area contributed by atoms with Crippen molar-refractivity contribution >= 4 is 11.8 Å². The topological polar surface area (TPSA) is 59.1 Å². The van der Waals surface area contributed by atoms with Gasteiger partial charge in [0.1, 0.15) is 11.5 Å². The Morgan fingerprint density at radius 1 is 1.32 bits per heavy atom. The number of nitrogens with zero attached hydrogens (tertiary/aromatic N) is 2. The van der Waals surface area contributed by atoms with Crippen molar-refractivity contribution in [3.05, 3.63) is 23.8 Å². The number of amides is 2. The molecular formula is C16H22N2O4. The van der Waals surface area contributed by atoms with Crippen LogP contribution in [0.25, 0.3) is 0 Å². The van der Waals surface area contributed by atoms with Gasteiger partial charge in [-0.05, 0) is 18.6 Å². The summed E-state index contributed by atoms with van der Waals surface area (Å²) in [5.41, 5.74) is 0.485. The summed E-state index contributed by atoms with van der Waals surface area (Å²) in [7, 11) is 4.82. The third kappa shape index (κ3) is 3.50. The Hall–Kier alpha value is -2.24. The maximum atomic E-state index is 12.5. The molecule has 0 aromatic heterocycles. The average molecular weight is 306 g/mol. The first-order valence-electron chi connectivity index (χ1n) is 7.32. The molecular weight excluding hydrogens is 284 g/mol. The fraction of sp³-hybridized carbons (Fsp3) is 0.500. The van der Waals surface area contributed by atoms with Crippen LogP contribution in [0.2, 0.25) is 0 Å². The number of rotatable bonds is 6. The Morgan fingerprint density at radius 2 is 2.09 bits per heavy atom. The monoisotopic (exact) mass is 306 g/mol. The summed E-state index contributed by atoms with van der Waals surface area (Å²) < 4.78 is 10.4. The summed E-state index contributed by atoms with van der Waals surface area (Å²) in [5, 5.41) is 0. The molecule has 1 aromatic rings. The van der Waals surface area contributed by atoms with Crippen molar-refractivity contribution in [2.45, 2.75) is 12.8 Å². The Morgan fingerprint density at radius 3 is 2.68 bits per heavy atom. The summed E-state index contributed by atoms with van der Waals surface area (Å²) in [4.78, 5) is 27.5. The first-order valence-corrected chi connectivity index (χ1v) is 7.32. The van der Waals surface area contributed by atoms with Gasteiger partial charge in [-0.25, -0.2) is 0 Å². The normalized spacial score (nSPS) is 14.1. The van der Waals surface area contributed by atoms with E-state index in [9.17, 15) is 9.59 Å². The molecule has 1 aliphatic heterocycles. The lowest BCUT2D eigenvalue weighted by molar-refractivity contribution is -0.127. The highest BCUT2D eigenvalue weighted by atomic mass is 16.5. The molecule has 6 nitrogen and oxygen atoms in total. The molecule has 0 spiro atoms. The minimum Gasteiger partial charge on any atom is -0.497 e. The van der Waals surface area contributed by atoms with Gasteiger partial charge in [0.15, 0.2) is 0 Å². The summed E-state index contributed by atoms with van der Waals surface area (Å²) >= 11 is 0. The van der Waals surface area contributed by atoms with Crippen molar-refractivity contribution in [1.82, 2.24) is 9.80 Å². The molecule has 1 aromatic carbocycles. The number of benzene rings is 1. The van der Waals surface area contributed by atoms with E-state index in [0.29, 0.717) is 36.6 Å².